The number of amides is 6. The third kappa shape index (κ3) is 21.5. The fourth-order valence-corrected chi connectivity index (χ4v) is 15.9. The van der Waals surface area contributed by atoms with Gasteiger partial charge in [0, 0.05) is 154 Å². The lowest BCUT2D eigenvalue weighted by molar-refractivity contribution is -0.195. The summed E-state index contributed by atoms with van der Waals surface area (Å²) in [5, 5.41) is 16.5. The van der Waals surface area contributed by atoms with Gasteiger partial charge in [-0.25, -0.2) is 29.4 Å². The quantitative estimate of drug-likeness (QED) is 0.0309. The molecule has 0 spiro atoms. The summed E-state index contributed by atoms with van der Waals surface area (Å²) >= 11 is 5.68. The number of halogens is 2. The molecule has 4 saturated heterocycles. The predicted molar refractivity (Wildman–Crippen MR) is 398 cm³/mol. The molecule has 0 aliphatic carbocycles. The molecular formula is C74H94F2N12O16S3. The normalized spacial score (nSPS) is 19.0. The minimum Gasteiger partial charge on any atom is -0.356 e. The number of thiol groups is 1. The van der Waals surface area contributed by atoms with E-state index in [0.29, 0.717) is 73.8 Å². The molecule has 13 rings (SSSR count). The molecule has 7 aliphatic rings. The highest BCUT2D eigenvalue weighted by Gasteiger charge is 2.40. The van der Waals surface area contributed by atoms with Crippen molar-refractivity contribution in [1.29, 1.82) is 0 Å². The Hall–Kier alpha value is -8.47. The third-order valence-electron chi connectivity index (χ3n) is 20.1. The molecule has 11 heterocycles. The van der Waals surface area contributed by atoms with E-state index in [1.54, 1.807) is 12.1 Å². The van der Waals surface area contributed by atoms with E-state index in [0.717, 1.165) is 172 Å². The van der Waals surface area contributed by atoms with Gasteiger partial charge in [0.25, 0.3) is 34.7 Å². The van der Waals surface area contributed by atoms with Gasteiger partial charge < -0.3 is 28.9 Å². The summed E-state index contributed by atoms with van der Waals surface area (Å²) in [6, 6.07) is 9.15. The van der Waals surface area contributed by atoms with Gasteiger partial charge in [0.2, 0.25) is 11.8 Å². The van der Waals surface area contributed by atoms with E-state index in [1.807, 2.05) is 23.0 Å². The average molecular weight is 1540 g/mol. The van der Waals surface area contributed by atoms with E-state index >= 15 is 0 Å². The largest absolute Gasteiger partial charge is 0.356 e. The second-order valence-electron chi connectivity index (χ2n) is 27.5. The molecule has 6 amide bonds. The van der Waals surface area contributed by atoms with Gasteiger partial charge in [-0.1, -0.05) is 22.1 Å². The van der Waals surface area contributed by atoms with E-state index in [2.05, 4.69) is 43.5 Å². The van der Waals surface area contributed by atoms with Crippen LogP contribution in [-0.4, -0.2) is 192 Å². The van der Waals surface area contributed by atoms with Gasteiger partial charge >= 0.3 is 5.97 Å². The Bertz CT molecular complexity index is 4410. The summed E-state index contributed by atoms with van der Waals surface area (Å²) in [5.41, 5.74) is 6.04. The number of thioether (sulfide) groups is 2. The highest BCUT2D eigenvalue weighted by molar-refractivity contribution is 8.14. The molecule has 0 radical (unpaired) electrons. The zero-order valence-corrected chi connectivity index (χ0v) is 63.3. The first kappa shape index (κ1) is 82.6. The summed E-state index contributed by atoms with van der Waals surface area (Å²) in [6.07, 6.45) is 14.5. The molecular weight excluding hydrogens is 1450 g/mol. The number of nitrogens with two attached hydrogens (primary N) is 1. The van der Waals surface area contributed by atoms with Gasteiger partial charge in [-0.15, -0.1) is 16.8 Å². The number of benzene rings is 2. The Kier molecular flexibility index (Phi) is 30.1. The molecule has 6 aromatic rings. The van der Waals surface area contributed by atoms with E-state index in [-0.39, 0.29) is 119 Å². The number of carbonyl (C=O) groups excluding carboxylic acids is 10. The van der Waals surface area contributed by atoms with Gasteiger partial charge in [0.05, 0.1) is 22.4 Å². The predicted octanol–water partition coefficient (Wildman–Crippen LogP) is 8.16. The maximum atomic E-state index is 13.7. The molecule has 7 aliphatic heterocycles. The summed E-state index contributed by atoms with van der Waals surface area (Å²) in [6.45, 7) is 15.4. The van der Waals surface area contributed by atoms with Crippen LogP contribution < -0.4 is 17.0 Å². The van der Waals surface area contributed by atoms with Crippen LogP contribution in [-0.2, 0) is 78.7 Å². The van der Waals surface area contributed by atoms with E-state index in [4.69, 9.17) is 24.2 Å². The molecule has 3 N–H and O–H groups in total. The number of fused-ring (bicyclic) bond motifs is 4. The van der Waals surface area contributed by atoms with Crippen LogP contribution in [0.25, 0.3) is 21.9 Å². The standard InChI is InChI=1S/C33H40FN5O5S.C30H34FN5O4.C8H9NO5S.C3H6OS.H3NO.H2/c1-20(40)19-45-28-18-29(41)38(33(28)43)12-3-5-23-6-4-13-39-31(23)35-21(2)25(32(39)42)11-16-37-14-9-22(10-15-37)30-26-8-7-24(34)17-27(26)44-36-30;1-19-23(12-17-34-15-10-20(11-16-34)28-24-7-6-22(31)18-25(24)40-33-28)30(39)36-14-3-5-21(29(36)32-19)4-2-13-35-26(37)8-9-27(35)38;1-5(10)15-4-8(13)14-9-6(11)2-3-7(9)12;1-3(4)2-5;1-2;/h7-8,17,22-23,28H,3-6,9-16,18-19H2,1-2H3;6-9,18,20-21H,2-5,10-17H2,1H3;2-4H2,1H3;5H,2H2,1H3;2H,1H2;1H. The molecule has 4 fully saturated rings. The first-order valence-corrected chi connectivity index (χ1v) is 38.8. The minimum absolute atomic E-state index is 0. The number of rotatable bonds is 23. The zero-order chi connectivity index (χ0) is 77.2. The molecule has 0 saturated carbocycles. The van der Waals surface area contributed by atoms with Crippen molar-refractivity contribution < 1.29 is 77.2 Å². The number of ketones is 2. The van der Waals surface area contributed by atoms with Crippen molar-refractivity contribution in [3.63, 3.8) is 0 Å². The van der Waals surface area contributed by atoms with Crippen molar-refractivity contribution in [1.82, 2.24) is 54.1 Å². The molecule has 578 valence electrons. The van der Waals surface area contributed by atoms with Crippen LogP contribution in [0, 0.1) is 25.5 Å². The maximum absolute atomic E-state index is 13.7. The first-order valence-electron chi connectivity index (χ1n) is 36.2. The van der Waals surface area contributed by atoms with E-state index < -0.39 is 23.0 Å². The lowest BCUT2D eigenvalue weighted by Gasteiger charge is -2.31. The Morgan fingerprint density at radius 2 is 1.07 bits per heavy atom. The van der Waals surface area contributed by atoms with Gasteiger partial charge in [0.15, 0.2) is 16.3 Å². The summed E-state index contributed by atoms with van der Waals surface area (Å²) in [7, 11) is 0. The molecule has 2 aromatic carbocycles. The van der Waals surface area contributed by atoms with Crippen molar-refractivity contribution in [2.24, 2.45) is 5.90 Å². The number of Topliss-reactive ketones (excluding diaryl/α,β-unsaturated/α-hetero) is 2. The number of hydroxylamine groups is 2. The number of hydrogen-bond donors (Lipinski definition) is 3. The number of likely N-dealkylation sites (tertiary alicyclic amines) is 3. The highest BCUT2D eigenvalue weighted by Crippen LogP contribution is 2.37. The summed E-state index contributed by atoms with van der Waals surface area (Å²) in [5.74, 6) is 3.10. The van der Waals surface area contributed by atoms with E-state index in [9.17, 15) is 66.3 Å². The third-order valence-corrected chi connectivity index (χ3v) is 22.7. The molecule has 107 heavy (non-hydrogen) atoms. The molecule has 33 heteroatoms. The monoisotopic (exact) mass is 1540 g/mol. The number of aryl methyl sites for hydroxylation is 2. The fraction of sp³-hybridized carbons (Fsp3) is 0.541. The Balaban J connectivity index is 0.000000213. The lowest BCUT2D eigenvalue weighted by atomic mass is 9.91. The van der Waals surface area contributed by atoms with Crippen LogP contribution in [0.15, 0.2) is 67.2 Å². The van der Waals surface area contributed by atoms with Crippen LogP contribution in [0.1, 0.15) is 188 Å². The molecule has 3 atom stereocenters. The second-order valence-corrected chi connectivity index (χ2v) is 30.2. The first-order chi connectivity index (χ1) is 51.3. The van der Waals surface area contributed by atoms with Gasteiger partial charge in [-0.05, 0) is 168 Å². The molecule has 28 nitrogen and oxygen atoms in total. The van der Waals surface area contributed by atoms with Crippen LogP contribution in [0.2, 0.25) is 0 Å². The lowest BCUT2D eigenvalue weighted by Crippen LogP contribution is -2.38. The number of piperidine rings is 2. The Morgan fingerprint density at radius 1 is 0.617 bits per heavy atom. The number of imide groups is 3. The Morgan fingerprint density at radius 3 is 1.50 bits per heavy atom. The van der Waals surface area contributed by atoms with Crippen LogP contribution in [0.5, 0.6) is 0 Å². The van der Waals surface area contributed by atoms with Gasteiger partial charge in [-0.3, -0.25) is 71.7 Å². The maximum Gasteiger partial charge on any atom is 0.343 e. The van der Waals surface area contributed by atoms with Crippen molar-refractivity contribution >= 4 is 116 Å². The van der Waals surface area contributed by atoms with Gasteiger partial charge in [0.1, 0.15) is 40.6 Å². The molecule has 0 bridgehead atoms. The number of aromatic nitrogens is 6. The second kappa shape index (κ2) is 39.1. The number of carbonyl (C=O) groups is 10. The van der Waals surface area contributed by atoms with Gasteiger partial charge in [-0.2, -0.15) is 12.6 Å². The van der Waals surface area contributed by atoms with E-state index in [1.165, 1.54) is 78.8 Å². The van der Waals surface area contributed by atoms with Crippen molar-refractivity contribution in [3.8, 4) is 0 Å². The fourth-order valence-electron chi connectivity index (χ4n) is 14.5. The van der Waals surface area contributed by atoms with Crippen molar-refractivity contribution in [2.75, 3.05) is 69.6 Å². The zero-order valence-electron chi connectivity index (χ0n) is 60.8. The number of hydrogen-bond acceptors (Lipinski definition) is 26. The van der Waals surface area contributed by atoms with Crippen LogP contribution in [0.3, 0.4) is 0 Å². The van der Waals surface area contributed by atoms with Crippen LogP contribution in [0.4, 0.5) is 8.78 Å². The average Bonchev–Trinajstić information content (AvgIpc) is 1.11. The van der Waals surface area contributed by atoms with Crippen molar-refractivity contribution in [2.45, 2.75) is 186 Å². The van der Waals surface area contributed by atoms with Crippen LogP contribution >= 0.6 is 36.2 Å². The minimum atomic E-state index is -0.779. The highest BCUT2D eigenvalue weighted by atomic mass is 32.2. The SMILES string of the molecule is CC(=O)CS.CC(=O)CSC1CC(=O)N(CCCC2CCCn3c2nc(C)c(CCN2CCC(c4noc5cc(F)ccc45)CC2)c3=O)C1=O.CC(=O)SCC(=O)ON1C(=O)CCC1=O.Cc1nc2n(c(=O)c1CCN1CCC(c3noc4cc(F)ccc34)CC1)CCCC2CCCN1C(=O)C=CC1=O.NO.[HH]. The molecule has 3 unspecified atom stereocenters. The topological polar surface area (TPSA) is 364 Å². The molecule has 4 aromatic heterocycles. The summed E-state index contributed by atoms with van der Waals surface area (Å²) in [4.78, 5) is 162. The Labute approximate surface area is 632 Å². The number of nitrogens with zero attached hydrogens (tertiary/aromatic N) is 11. The van der Waals surface area contributed by atoms with Crippen molar-refractivity contribution in [3.05, 3.63) is 126 Å². The summed E-state index contributed by atoms with van der Waals surface area (Å²) < 4.78 is 41.5. The smallest absolute Gasteiger partial charge is 0.343 e.